The number of carbonyl (C=O) groups is 2. The summed E-state index contributed by atoms with van der Waals surface area (Å²) < 4.78 is 1.58. The summed E-state index contributed by atoms with van der Waals surface area (Å²) in [5, 5.41) is 20.7. The number of thiazole rings is 1. The number of halogens is 2. The molecular weight excluding hydrogens is 425 g/mol. The molecule has 2 heterocycles. The van der Waals surface area contributed by atoms with Crippen LogP contribution in [0.5, 0.6) is 0 Å². The van der Waals surface area contributed by atoms with Crippen LogP contribution in [0.1, 0.15) is 32.3 Å². The SMILES string of the molecule is Cc1sc(NC(=O)c2nnn(Cc3ccc(Cl)c(Cl)c3)c2C)nc1CC(=O)O. The smallest absolute Gasteiger partial charge is 0.309 e. The minimum absolute atomic E-state index is 0.160. The number of rotatable bonds is 6. The van der Waals surface area contributed by atoms with Crippen molar-refractivity contribution < 1.29 is 14.7 Å². The highest BCUT2D eigenvalue weighted by Crippen LogP contribution is 2.24. The molecule has 1 aromatic carbocycles. The number of anilines is 1. The number of carboxylic acids is 1. The van der Waals surface area contributed by atoms with Crippen LogP contribution in [-0.4, -0.2) is 37.0 Å². The van der Waals surface area contributed by atoms with Crippen molar-refractivity contribution >= 4 is 51.5 Å². The van der Waals surface area contributed by atoms with E-state index < -0.39 is 11.9 Å². The molecule has 0 bridgehead atoms. The van der Waals surface area contributed by atoms with E-state index in [9.17, 15) is 9.59 Å². The largest absolute Gasteiger partial charge is 0.481 e. The Morgan fingerprint density at radius 2 is 2.00 bits per heavy atom. The number of carboxylic acid groups (broad SMARTS) is 1. The molecule has 0 spiro atoms. The third-order valence-corrected chi connectivity index (χ3v) is 5.61. The number of carbonyl (C=O) groups excluding carboxylic acids is 1. The summed E-state index contributed by atoms with van der Waals surface area (Å²) in [6, 6.07) is 5.24. The molecule has 0 aliphatic heterocycles. The van der Waals surface area contributed by atoms with E-state index in [4.69, 9.17) is 28.3 Å². The number of benzene rings is 1. The summed E-state index contributed by atoms with van der Waals surface area (Å²) in [5.41, 5.74) is 2.02. The number of aryl methyl sites for hydroxylation is 1. The third kappa shape index (κ3) is 4.49. The highest BCUT2D eigenvalue weighted by atomic mass is 35.5. The van der Waals surface area contributed by atoms with Gasteiger partial charge in [-0.1, -0.05) is 34.5 Å². The van der Waals surface area contributed by atoms with E-state index >= 15 is 0 Å². The second-order valence-corrected chi connectivity index (χ2v) is 7.99. The monoisotopic (exact) mass is 439 g/mol. The van der Waals surface area contributed by atoms with Crippen molar-refractivity contribution in [2.24, 2.45) is 0 Å². The van der Waals surface area contributed by atoms with Crippen molar-refractivity contribution in [3.05, 3.63) is 55.8 Å². The van der Waals surface area contributed by atoms with Gasteiger partial charge in [-0.2, -0.15) is 0 Å². The van der Waals surface area contributed by atoms with Gasteiger partial charge in [0.05, 0.1) is 34.4 Å². The van der Waals surface area contributed by atoms with Gasteiger partial charge in [-0.15, -0.1) is 16.4 Å². The molecule has 0 fully saturated rings. The highest BCUT2D eigenvalue weighted by Gasteiger charge is 2.19. The van der Waals surface area contributed by atoms with E-state index in [0.29, 0.717) is 33.1 Å². The lowest BCUT2D eigenvalue weighted by Crippen LogP contribution is -2.14. The van der Waals surface area contributed by atoms with E-state index in [1.165, 1.54) is 11.3 Å². The predicted molar refractivity (Wildman–Crippen MR) is 106 cm³/mol. The maximum absolute atomic E-state index is 12.5. The molecule has 3 aromatic rings. The number of hydrogen-bond acceptors (Lipinski definition) is 6. The van der Waals surface area contributed by atoms with Gasteiger partial charge in [0.15, 0.2) is 10.8 Å². The molecule has 2 N–H and O–H groups in total. The van der Waals surface area contributed by atoms with E-state index in [2.05, 4.69) is 20.6 Å². The quantitative estimate of drug-likeness (QED) is 0.606. The van der Waals surface area contributed by atoms with Crippen LogP contribution in [0.15, 0.2) is 18.2 Å². The first-order valence-electron chi connectivity index (χ1n) is 8.08. The highest BCUT2D eigenvalue weighted by molar-refractivity contribution is 7.15. The number of amides is 1. The van der Waals surface area contributed by atoms with E-state index in [1.807, 2.05) is 6.07 Å². The van der Waals surface area contributed by atoms with Crippen LogP contribution in [0.25, 0.3) is 0 Å². The van der Waals surface area contributed by atoms with E-state index in [0.717, 1.165) is 10.4 Å². The Kier molecular flexibility index (Phi) is 5.97. The molecule has 2 aromatic heterocycles. The summed E-state index contributed by atoms with van der Waals surface area (Å²) in [7, 11) is 0. The first-order chi connectivity index (χ1) is 13.2. The molecule has 0 saturated heterocycles. The van der Waals surface area contributed by atoms with Crippen molar-refractivity contribution in [3.8, 4) is 0 Å². The van der Waals surface area contributed by atoms with Crippen molar-refractivity contribution in [1.29, 1.82) is 0 Å². The average molecular weight is 440 g/mol. The zero-order valence-electron chi connectivity index (χ0n) is 14.9. The maximum Gasteiger partial charge on any atom is 0.309 e. The normalized spacial score (nSPS) is 10.9. The number of nitrogens with one attached hydrogen (secondary N) is 1. The Balaban J connectivity index is 1.74. The average Bonchev–Trinajstić information content (AvgIpc) is 3.13. The van der Waals surface area contributed by atoms with Crippen LogP contribution in [-0.2, 0) is 17.8 Å². The van der Waals surface area contributed by atoms with E-state index in [1.54, 1.807) is 30.7 Å². The van der Waals surface area contributed by atoms with Crippen LogP contribution in [0.4, 0.5) is 5.13 Å². The van der Waals surface area contributed by atoms with Gasteiger partial charge in [-0.3, -0.25) is 14.9 Å². The summed E-state index contributed by atoms with van der Waals surface area (Å²) in [6.45, 7) is 3.86. The van der Waals surface area contributed by atoms with Crippen LogP contribution in [0, 0.1) is 13.8 Å². The van der Waals surface area contributed by atoms with Gasteiger partial charge < -0.3 is 5.11 Å². The number of aromatic nitrogens is 4. The first kappa shape index (κ1) is 20.2. The Morgan fingerprint density at radius 1 is 1.25 bits per heavy atom. The Hall–Kier alpha value is -2.49. The second kappa shape index (κ2) is 8.26. The van der Waals surface area contributed by atoms with Crippen LogP contribution >= 0.6 is 34.5 Å². The van der Waals surface area contributed by atoms with Gasteiger partial charge in [0.2, 0.25) is 0 Å². The minimum atomic E-state index is -0.979. The Labute approximate surface area is 174 Å². The van der Waals surface area contributed by atoms with Crippen molar-refractivity contribution in [2.45, 2.75) is 26.8 Å². The molecule has 8 nitrogen and oxygen atoms in total. The van der Waals surface area contributed by atoms with Gasteiger partial charge in [0.1, 0.15) is 0 Å². The fraction of sp³-hybridized carbons (Fsp3) is 0.235. The molecule has 0 unspecified atom stereocenters. The lowest BCUT2D eigenvalue weighted by molar-refractivity contribution is -0.136. The molecular formula is C17H15Cl2N5O3S. The number of aliphatic carboxylic acids is 1. The molecule has 1 amide bonds. The molecule has 146 valence electrons. The Morgan fingerprint density at radius 3 is 2.68 bits per heavy atom. The fourth-order valence-corrected chi connectivity index (χ4v) is 3.62. The fourth-order valence-electron chi connectivity index (χ4n) is 2.48. The van der Waals surface area contributed by atoms with Gasteiger partial charge >= 0.3 is 5.97 Å². The van der Waals surface area contributed by atoms with Gasteiger partial charge in [0, 0.05) is 4.88 Å². The molecule has 0 aliphatic carbocycles. The summed E-state index contributed by atoms with van der Waals surface area (Å²) in [6.07, 6.45) is -0.197. The standard InChI is InChI=1S/C17H15Cl2N5O3S/c1-8-15(16(27)21-17-20-13(6-14(25)26)9(2)28-17)22-23-24(8)7-10-3-4-11(18)12(19)5-10/h3-5H,6-7H2,1-2H3,(H,25,26)(H,20,21,27). The first-order valence-corrected chi connectivity index (χ1v) is 9.65. The minimum Gasteiger partial charge on any atom is -0.481 e. The van der Waals surface area contributed by atoms with Crippen LogP contribution in [0.2, 0.25) is 10.0 Å². The zero-order chi connectivity index (χ0) is 20.4. The van der Waals surface area contributed by atoms with Crippen LogP contribution in [0.3, 0.4) is 0 Å². The Bertz CT molecular complexity index is 1060. The topological polar surface area (TPSA) is 110 Å². The van der Waals surface area contributed by atoms with Gasteiger partial charge in [-0.25, -0.2) is 9.67 Å². The summed E-state index contributed by atoms with van der Waals surface area (Å²) in [4.78, 5) is 28.3. The third-order valence-electron chi connectivity index (χ3n) is 3.95. The molecule has 11 heteroatoms. The summed E-state index contributed by atoms with van der Waals surface area (Å²) >= 11 is 13.2. The molecule has 0 atom stereocenters. The number of nitrogens with zero attached hydrogens (tertiary/aromatic N) is 4. The van der Waals surface area contributed by atoms with E-state index in [-0.39, 0.29) is 12.1 Å². The van der Waals surface area contributed by atoms with Crippen LogP contribution < -0.4 is 5.32 Å². The lowest BCUT2D eigenvalue weighted by atomic mass is 10.2. The predicted octanol–water partition coefficient (Wildman–Crippen LogP) is 3.59. The van der Waals surface area contributed by atoms with Crippen molar-refractivity contribution in [1.82, 2.24) is 20.0 Å². The van der Waals surface area contributed by atoms with Gasteiger partial charge in [0.25, 0.3) is 5.91 Å². The molecule has 0 aliphatic rings. The van der Waals surface area contributed by atoms with Crippen molar-refractivity contribution in [2.75, 3.05) is 5.32 Å². The number of hydrogen-bond donors (Lipinski definition) is 2. The molecule has 28 heavy (non-hydrogen) atoms. The zero-order valence-corrected chi connectivity index (χ0v) is 17.2. The molecule has 0 radical (unpaired) electrons. The van der Waals surface area contributed by atoms with Gasteiger partial charge in [-0.05, 0) is 31.5 Å². The summed E-state index contributed by atoms with van der Waals surface area (Å²) in [5.74, 6) is -1.44. The second-order valence-electron chi connectivity index (χ2n) is 5.98. The molecule has 0 saturated carbocycles. The van der Waals surface area contributed by atoms with Crippen molar-refractivity contribution in [3.63, 3.8) is 0 Å². The molecule has 3 rings (SSSR count). The maximum atomic E-state index is 12.5. The lowest BCUT2D eigenvalue weighted by Gasteiger charge is -2.05.